The Morgan fingerprint density at radius 1 is 0.941 bits per heavy atom. The lowest BCUT2D eigenvalue weighted by atomic mass is 9.79. The van der Waals surface area contributed by atoms with E-state index in [9.17, 15) is 9.59 Å². The van der Waals surface area contributed by atoms with Gasteiger partial charge in [-0.15, -0.1) is 0 Å². The summed E-state index contributed by atoms with van der Waals surface area (Å²) < 4.78 is 15.8. The number of hydrogen-bond acceptors (Lipinski definition) is 4. The van der Waals surface area contributed by atoms with Crippen molar-refractivity contribution in [3.05, 3.63) is 76.2 Å². The minimum absolute atomic E-state index is 0.221. The molecule has 0 spiro atoms. The first kappa shape index (κ1) is 22.7. The second-order valence-corrected chi connectivity index (χ2v) is 10.0. The van der Waals surface area contributed by atoms with Gasteiger partial charge < -0.3 is 14.6 Å². The first-order valence-electron chi connectivity index (χ1n) is 11.8. The molecule has 0 bridgehead atoms. The van der Waals surface area contributed by atoms with E-state index in [0.29, 0.717) is 12.1 Å². The van der Waals surface area contributed by atoms with Crippen LogP contribution in [0.1, 0.15) is 56.6 Å². The van der Waals surface area contributed by atoms with Gasteiger partial charge in [-0.2, -0.15) is 0 Å². The number of nitrogens with one attached hydrogen (secondary N) is 1. The number of nitrogens with zero attached hydrogens (tertiary/aromatic N) is 2. The fourth-order valence-corrected chi connectivity index (χ4v) is 4.58. The number of para-hydroxylation sites is 1. The SMILES string of the molecule is CC1(C)OB(c2ccc(NC(=O)c3c4n(n(-c5ccccc5)c3=O)CCCC4)cc2)OC1(C)C. The summed E-state index contributed by atoms with van der Waals surface area (Å²) in [4.78, 5) is 26.7. The molecule has 34 heavy (non-hydrogen) atoms. The van der Waals surface area contributed by atoms with Gasteiger partial charge in [0.15, 0.2) is 0 Å². The first-order valence-corrected chi connectivity index (χ1v) is 11.8. The van der Waals surface area contributed by atoms with E-state index >= 15 is 0 Å². The number of rotatable bonds is 4. The number of amides is 1. The molecule has 2 aliphatic heterocycles. The maximum absolute atomic E-state index is 13.4. The predicted molar refractivity (Wildman–Crippen MR) is 133 cm³/mol. The van der Waals surface area contributed by atoms with Crippen molar-refractivity contribution in [1.82, 2.24) is 9.36 Å². The Morgan fingerprint density at radius 2 is 1.59 bits per heavy atom. The third-order valence-electron chi connectivity index (χ3n) is 7.20. The van der Waals surface area contributed by atoms with Crippen LogP contribution in [-0.4, -0.2) is 33.6 Å². The van der Waals surface area contributed by atoms with Crippen molar-refractivity contribution >= 4 is 24.2 Å². The van der Waals surface area contributed by atoms with Crippen LogP contribution >= 0.6 is 0 Å². The third-order valence-corrected chi connectivity index (χ3v) is 7.20. The van der Waals surface area contributed by atoms with Gasteiger partial charge in [-0.05, 0) is 76.7 Å². The molecule has 0 atom stereocenters. The Balaban J connectivity index is 1.40. The third kappa shape index (κ3) is 3.81. The van der Waals surface area contributed by atoms with E-state index in [4.69, 9.17) is 9.31 Å². The molecule has 0 aliphatic carbocycles. The monoisotopic (exact) mass is 459 g/mol. The van der Waals surface area contributed by atoms with Crippen molar-refractivity contribution in [2.24, 2.45) is 0 Å². The number of fused-ring (bicyclic) bond motifs is 1. The minimum Gasteiger partial charge on any atom is -0.399 e. The van der Waals surface area contributed by atoms with Gasteiger partial charge in [-0.3, -0.25) is 14.3 Å². The van der Waals surface area contributed by atoms with E-state index in [1.807, 2.05) is 87.0 Å². The molecule has 8 heteroatoms. The number of carbonyl (C=O) groups excluding carboxylic acids is 1. The predicted octanol–water partition coefficient (Wildman–Crippen LogP) is 3.53. The molecule has 0 saturated carbocycles. The first-order chi connectivity index (χ1) is 16.2. The lowest BCUT2D eigenvalue weighted by molar-refractivity contribution is 0.00578. The molecule has 0 unspecified atom stereocenters. The Kier molecular flexibility index (Phi) is 5.53. The van der Waals surface area contributed by atoms with Gasteiger partial charge >= 0.3 is 7.12 Å². The summed E-state index contributed by atoms with van der Waals surface area (Å²) in [6, 6.07) is 16.9. The van der Waals surface area contributed by atoms with Gasteiger partial charge in [0.05, 0.1) is 22.6 Å². The quantitative estimate of drug-likeness (QED) is 0.606. The van der Waals surface area contributed by atoms with Gasteiger partial charge in [-0.25, -0.2) is 4.68 Å². The zero-order valence-corrected chi connectivity index (χ0v) is 20.1. The highest BCUT2D eigenvalue weighted by Crippen LogP contribution is 2.36. The molecule has 176 valence electrons. The maximum Gasteiger partial charge on any atom is 0.494 e. The molecular weight excluding hydrogens is 429 g/mol. The van der Waals surface area contributed by atoms with Crippen LogP contribution in [0.5, 0.6) is 0 Å². The standard InChI is InChI=1S/C26H30BN3O4/c1-25(2)26(3,4)34-27(33-25)18-13-15-19(16-14-18)28-23(31)22-21-12-8-9-17-29(21)30(24(22)32)20-10-6-5-7-11-20/h5-7,10-11,13-16H,8-9,12,17H2,1-4H3,(H,28,31). The van der Waals surface area contributed by atoms with Gasteiger partial charge in [0.25, 0.3) is 11.5 Å². The van der Waals surface area contributed by atoms with Crippen molar-refractivity contribution in [3.8, 4) is 5.69 Å². The second kappa shape index (κ2) is 8.29. The topological polar surface area (TPSA) is 74.5 Å². The summed E-state index contributed by atoms with van der Waals surface area (Å²) >= 11 is 0. The van der Waals surface area contributed by atoms with E-state index in [-0.39, 0.29) is 17.0 Å². The highest BCUT2D eigenvalue weighted by atomic mass is 16.7. The molecule has 5 rings (SSSR count). The van der Waals surface area contributed by atoms with Crippen LogP contribution in [0.2, 0.25) is 0 Å². The van der Waals surface area contributed by atoms with Gasteiger partial charge in [0.2, 0.25) is 0 Å². The number of aromatic nitrogens is 2. The molecule has 1 N–H and O–H groups in total. The van der Waals surface area contributed by atoms with Crippen molar-refractivity contribution < 1.29 is 14.1 Å². The van der Waals surface area contributed by atoms with E-state index in [0.717, 1.165) is 36.2 Å². The fourth-order valence-electron chi connectivity index (χ4n) is 4.58. The van der Waals surface area contributed by atoms with E-state index in [1.54, 1.807) is 4.68 Å². The largest absolute Gasteiger partial charge is 0.494 e. The van der Waals surface area contributed by atoms with Gasteiger partial charge in [0, 0.05) is 12.2 Å². The van der Waals surface area contributed by atoms with Crippen LogP contribution in [0.25, 0.3) is 5.69 Å². The van der Waals surface area contributed by atoms with Crippen LogP contribution in [0.15, 0.2) is 59.4 Å². The van der Waals surface area contributed by atoms with Crippen LogP contribution in [0.4, 0.5) is 5.69 Å². The molecule has 7 nitrogen and oxygen atoms in total. The van der Waals surface area contributed by atoms with Crippen LogP contribution in [0.3, 0.4) is 0 Å². The van der Waals surface area contributed by atoms with Crippen LogP contribution in [-0.2, 0) is 22.3 Å². The molecule has 3 heterocycles. The number of benzene rings is 2. The molecule has 1 saturated heterocycles. The molecule has 1 amide bonds. The van der Waals surface area contributed by atoms with E-state index in [2.05, 4.69) is 5.32 Å². The Morgan fingerprint density at radius 3 is 2.24 bits per heavy atom. The summed E-state index contributed by atoms with van der Waals surface area (Å²) in [5.74, 6) is -0.381. The summed E-state index contributed by atoms with van der Waals surface area (Å²) in [5, 5.41) is 2.92. The minimum atomic E-state index is -0.466. The summed E-state index contributed by atoms with van der Waals surface area (Å²) in [6.45, 7) is 8.78. The van der Waals surface area contributed by atoms with Crippen LogP contribution in [0, 0.1) is 0 Å². The second-order valence-electron chi connectivity index (χ2n) is 10.0. The zero-order valence-electron chi connectivity index (χ0n) is 20.1. The molecule has 2 aromatic carbocycles. The van der Waals surface area contributed by atoms with Crippen molar-refractivity contribution in [2.45, 2.75) is 64.7 Å². The number of anilines is 1. The molecule has 0 radical (unpaired) electrons. The highest BCUT2D eigenvalue weighted by molar-refractivity contribution is 6.62. The Hall–Kier alpha value is -3.10. The Labute approximate surface area is 199 Å². The normalized spacial score (nSPS) is 18.5. The van der Waals surface area contributed by atoms with E-state index in [1.165, 1.54) is 0 Å². The van der Waals surface area contributed by atoms with Gasteiger partial charge in [-0.1, -0.05) is 30.3 Å². The zero-order chi connectivity index (χ0) is 24.1. The smallest absolute Gasteiger partial charge is 0.399 e. The molecular formula is C26H30BN3O4. The maximum atomic E-state index is 13.4. The summed E-state index contributed by atoms with van der Waals surface area (Å²) in [5.41, 5.74) is 2.16. The lowest BCUT2D eigenvalue weighted by Gasteiger charge is -2.32. The summed E-state index contributed by atoms with van der Waals surface area (Å²) in [7, 11) is -0.466. The van der Waals surface area contributed by atoms with E-state index < -0.39 is 18.3 Å². The summed E-state index contributed by atoms with van der Waals surface area (Å²) in [6.07, 6.45) is 2.65. The van der Waals surface area contributed by atoms with Crippen molar-refractivity contribution in [1.29, 1.82) is 0 Å². The number of carbonyl (C=O) groups is 1. The lowest BCUT2D eigenvalue weighted by Crippen LogP contribution is -2.41. The average molecular weight is 459 g/mol. The molecule has 3 aromatic rings. The van der Waals surface area contributed by atoms with Crippen LogP contribution < -0.4 is 16.3 Å². The highest BCUT2D eigenvalue weighted by Gasteiger charge is 2.51. The fraction of sp³-hybridized carbons (Fsp3) is 0.385. The van der Waals surface area contributed by atoms with Gasteiger partial charge in [0.1, 0.15) is 5.56 Å². The average Bonchev–Trinajstić information content (AvgIpc) is 3.22. The van der Waals surface area contributed by atoms with Crippen molar-refractivity contribution in [2.75, 3.05) is 5.32 Å². The Bertz CT molecular complexity index is 1260. The van der Waals surface area contributed by atoms with Crippen molar-refractivity contribution in [3.63, 3.8) is 0 Å². The molecule has 2 aliphatic rings. The molecule has 1 fully saturated rings. The molecule has 1 aromatic heterocycles. The number of hydrogen-bond donors (Lipinski definition) is 1.